The van der Waals surface area contributed by atoms with Crippen LogP contribution < -0.4 is 5.01 Å². The molecule has 0 spiro atoms. The molecule has 1 aromatic rings. The van der Waals surface area contributed by atoms with Crippen LogP contribution >= 0.6 is 0 Å². The van der Waals surface area contributed by atoms with Crippen LogP contribution in [0.4, 0.5) is 5.69 Å². The lowest BCUT2D eigenvalue weighted by molar-refractivity contribution is -0.142. The lowest BCUT2D eigenvalue weighted by atomic mass is 9.84. The zero-order valence-corrected chi connectivity index (χ0v) is 22.1. The number of likely N-dealkylation sites (tertiary alicyclic amines) is 2. The topological polar surface area (TPSA) is 83.2 Å². The van der Waals surface area contributed by atoms with E-state index in [-0.39, 0.29) is 29.8 Å². The fourth-order valence-corrected chi connectivity index (χ4v) is 6.89. The summed E-state index contributed by atoms with van der Waals surface area (Å²) in [5, 5.41) is 26.9. The molecule has 1 N–H and O–H groups in total. The van der Waals surface area contributed by atoms with Gasteiger partial charge < -0.3 is 14.9 Å². The van der Waals surface area contributed by atoms with Crippen molar-refractivity contribution in [3.63, 3.8) is 0 Å². The second-order valence-corrected chi connectivity index (χ2v) is 11.7. The molecule has 1 amide bonds. The van der Waals surface area contributed by atoms with E-state index in [1.807, 2.05) is 30.9 Å². The summed E-state index contributed by atoms with van der Waals surface area (Å²) in [7, 11) is 0. The van der Waals surface area contributed by atoms with Crippen LogP contribution in [0.1, 0.15) is 69.9 Å². The van der Waals surface area contributed by atoms with E-state index in [9.17, 15) is 15.2 Å². The van der Waals surface area contributed by atoms with Crippen LogP contribution in [0.2, 0.25) is 0 Å². The maximum Gasteiger partial charge on any atom is 0.226 e. The van der Waals surface area contributed by atoms with E-state index in [1.54, 1.807) is 0 Å². The third-order valence-electron chi connectivity index (χ3n) is 9.23. The Labute approximate surface area is 215 Å². The van der Waals surface area contributed by atoms with Gasteiger partial charge >= 0.3 is 0 Å². The van der Waals surface area contributed by atoms with Gasteiger partial charge in [0.05, 0.1) is 29.5 Å². The molecule has 5 atom stereocenters. The van der Waals surface area contributed by atoms with Gasteiger partial charge in [-0.1, -0.05) is 26.7 Å². The number of piperidine rings is 2. The molecule has 0 aromatic heterocycles. The Hall–Kier alpha value is -2.59. The van der Waals surface area contributed by atoms with Gasteiger partial charge in [0, 0.05) is 38.5 Å². The second kappa shape index (κ2) is 10.4. The monoisotopic (exact) mass is 491 g/mol. The molecular formula is C29H41N5O2. The summed E-state index contributed by atoms with van der Waals surface area (Å²) in [6, 6.07) is 8.72. The normalized spacial score (nSPS) is 31.5. The van der Waals surface area contributed by atoms with Crippen molar-refractivity contribution in [3.05, 3.63) is 29.3 Å². The average Bonchev–Trinajstić information content (AvgIpc) is 3.55. The Balaban J connectivity index is 1.30. The highest BCUT2D eigenvalue weighted by atomic mass is 16.3. The van der Waals surface area contributed by atoms with Crippen LogP contribution in [0.15, 0.2) is 23.3 Å². The van der Waals surface area contributed by atoms with Crippen molar-refractivity contribution in [1.29, 1.82) is 5.26 Å². The van der Waals surface area contributed by atoms with Gasteiger partial charge in [-0.15, -0.1) is 0 Å². The summed E-state index contributed by atoms with van der Waals surface area (Å²) in [5.74, 6) is 2.54. The second-order valence-electron chi connectivity index (χ2n) is 11.7. The third kappa shape index (κ3) is 4.85. The Morgan fingerprint density at radius 2 is 1.86 bits per heavy atom. The van der Waals surface area contributed by atoms with Crippen LogP contribution in [0.25, 0.3) is 0 Å². The van der Waals surface area contributed by atoms with Gasteiger partial charge in [-0.3, -0.25) is 9.80 Å². The SMILES string of the molecule is Cc1cc(N2N=C(N3CCC(C(=O)N4CCC(O)C(C)C4)C(C)C3)CC2C2CCCC2)ccc1C#N. The number of aliphatic hydroxyl groups excluding tert-OH is 1. The van der Waals surface area contributed by atoms with E-state index in [4.69, 9.17) is 5.10 Å². The molecule has 0 radical (unpaired) electrons. The first-order chi connectivity index (χ1) is 17.4. The fourth-order valence-electron chi connectivity index (χ4n) is 6.89. The number of aliphatic hydroxyl groups is 1. The van der Waals surface area contributed by atoms with Crippen molar-refractivity contribution in [2.24, 2.45) is 28.8 Å². The number of nitrogens with zero attached hydrogens (tertiary/aromatic N) is 5. The standard InChI is InChI=1S/C29H41N5O2/c1-19-14-24(9-8-23(19)16-30)34-26(22-6-4-5-7-22)15-28(31-34)32-12-10-25(20(2)17-32)29(36)33-13-11-27(35)21(3)18-33/h8-9,14,20-22,25-27,35H,4-7,10-13,15,17-18H2,1-3H3. The molecule has 3 heterocycles. The van der Waals surface area contributed by atoms with Gasteiger partial charge in [0.25, 0.3) is 0 Å². The molecule has 5 unspecified atom stereocenters. The number of rotatable bonds is 3. The molecule has 36 heavy (non-hydrogen) atoms. The number of hydrogen-bond donors (Lipinski definition) is 1. The smallest absolute Gasteiger partial charge is 0.226 e. The average molecular weight is 492 g/mol. The molecule has 1 aliphatic carbocycles. The van der Waals surface area contributed by atoms with E-state index in [0.717, 1.165) is 48.6 Å². The van der Waals surface area contributed by atoms with Crippen LogP contribution in [0.3, 0.4) is 0 Å². The van der Waals surface area contributed by atoms with Crippen molar-refractivity contribution in [3.8, 4) is 6.07 Å². The molecule has 2 saturated heterocycles. The first kappa shape index (κ1) is 25.1. The molecule has 5 rings (SSSR count). The Morgan fingerprint density at radius 1 is 1.08 bits per heavy atom. The molecule has 3 fully saturated rings. The van der Waals surface area contributed by atoms with Gasteiger partial charge in [-0.25, -0.2) is 0 Å². The molecule has 7 nitrogen and oxygen atoms in total. The molecular weight excluding hydrogens is 450 g/mol. The zero-order chi connectivity index (χ0) is 25.4. The quantitative estimate of drug-likeness (QED) is 0.687. The minimum absolute atomic E-state index is 0.0496. The lowest BCUT2D eigenvalue weighted by Gasteiger charge is -2.41. The van der Waals surface area contributed by atoms with Crippen LogP contribution in [-0.4, -0.2) is 65.0 Å². The highest BCUT2D eigenvalue weighted by Gasteiger charge is 2.41. The minimum atomic E-state index is -0.288. The molecule has 4 aliphatic rings. The number of carbonyl (C=O) groups excluding carboxylic acids is 1. The van der Waals surface area contributed by atoms with Gasteiger partial charge in [0.2, 0.25) is 5.91 Å². The number of nitriles is 1. The molecule has 1 aromatic carbocycles. The summed E-state index contributed by atoms with van der Waals surface area (Å²) in [6.07, 6.45) is 7.33. The highest BCUT2D eigenvalue weighted by Crippen LogP contribution is 2.39. The molecule has 7 heteroatoms. The largest absolute Gasteiger partial charge is 0.393 e. The van der Waals surface area contributed by atoms with Crippen molar-refractivity contribution >= 4 is 17.4 Å². The maximum absolute atomic E-state index is 13.4. The lowest BCUT2D eigenvalue weighted by Crippen LogP contribution is -2.52. The van der Waals surface area contributed by atoms with Crippen molar-refractivity contribution in [1.82, 2.24) is 9.80 Å². The number of amidine groups is 1. The van der Waals surface area contributed by atoms with E-state index >= 15 is 0 Å². The number of benzene rings is 1. The predicted molar refractivity (Wildman–Crippen MR) is 141 cm³/mol. The summed E-state index contributed by atoms with van der Waals surface area (Å²) in [4.78, 5) is 17.8. The van der Waals surface area contributed by atoms with E-state index in [0.29, 0.717) is 31.5 Å². The number of aryl methyl sites for hydroxylation is 1. The Kier molecular flexibility index (Phi) is 7.25. The molecule has 1 saturated carbocycles. The fraction of sp³-hybridized carbons (Fsp3) is 0.690. The van der Waals surface area contributed by atoms with E-state index < -0.39 is 0 Å². The highest BCUT2D eigenvalue weighted by molar-refractivity contribution is 5.87. The van der Waals surface area contributed by atoms with Crippen LogP contribution in [0.5, 0.6) is 0 Å². The molecule has 3 aliphatic heterocycles. The molecule has 194 valence electrons. The van der Waals surface area contributed by atoms with Gasteiger partial charge in [-0.05, 0) is 74.1 Å². The van der Waals surface area contributed by atoms with Crippen molar-refractivity contribution in [2.75, 3.05) is 31.2 Å². The number of amides is 1. The van der Waals surface area contributed by atoms with Crippen LogP contribution in [-0.2, 0) is 4.79 Å². The summed E-state index contributed by atoms with van der Waals surface area (Å²) in [5.41, 5.74) is 2.80. The summed E-state index contributed by atoms with van der Waals surface area (Å²) >= 11 is 0. The molecule has 0 bridgehead atoms. The van der Waals surface area contributed by atoms with Gasteiger partial charge in [0.15, 0.2) is 0 Å². The predicted octanol–water partition coefficient (Wildman–Crippen LogP) is 4.14. The first-order valence-corrected chi connectivity index (χ1v) is 13.9. The van der Waals surface area contributed by atoms with E-state index in [1.165, 1.54) is 25.7 Å². The van der Waals surface area contributed by atoms with Crippen molar-refractivity contribution in [2.45, 2.75) is 77.9 Å². The first-order valence-electron chi connectivity index (χ1n) is 13.9. The van der Waals surface area contributed by atoms with Gasteiger partial charge in [-0.2, -0.15) is 10.4 Å². The summed E-state index contributed by atoms with van der Waals surface area (Å²) < 4.78 is 0. The van der Waals surface area contributed by atoms with Crippen molar-refractivity contribution < 1.29 is 9.90 Å². The number of hydrogen-bond acceptors (Lipinski definition) is 6. The number of hydrazone groups is 1. The zero-order valence-electron chi connectivity index (χ0n) is 22.1. The van der Waals surface area contributed by atoms with Crippen LogP contribution in [0, 0.1) is 41.9 Å². The van der Waals surface area contributed by atoms with Gasteiger partial charge in [0.1, 0.15) is 5.84 Å². The Morgan fingerprint density at radius 3 is 2.53 bits per heavy atom. The Bertz CT molecular complexity index is 1040. The third-order valence-corrected chi connectivity index (χ3v) is 9.23. The maximum atomic E-state index is 13.4. The number of carbonyl (C=O) groups is 1. The van der Waals surface area contributed by atoms with E-state index in [2.05, 4.69) is 29.0 Å². The minimum Gasteiger partial charge on any atom is -0.393 e. The number of anilines is 1. The summed E-state index contributed by atoms with van der Waals surface area (Å²) in [6.45, 7) is 9.31.